The Labute approximate surface area is 187 Å². The van der Waals surface area contributed by atoms with Gasteiger partial charge in [0.15, 0.2) is 5.96 Å². The Kier molecular flexibility index (Phi) is 15.8. The van der Waals surface area contributed by atoms with Crippen molar-refractivity contribution in [1.82, 2.24) is 20.7 Å². The van der Waals surface area contributed by atoms with E-state index in [1.54, 1.807) is 14.0 Å². The number of nitrogens with one attached hydrogen (secondary N) is 4. The molecule has 4 N–H and O–H groups in total. The number of aliphatic imine (C=N–C) groups is 1. The van der Waals surface area contributed by atoms with Crippen molar-refractivity contribution in [2.75, 3.05) is 32.4 Å². The highest BCUT2D eigenvalue weighted by Gasteiger charge is 2.18. The summed E-state index contributed by atoms with van der Waals surface area (Å²) in [6.07, 6.45) is 2.44. The van der Waals surface area contributed by atoms with Crippen molar-refractivity contribution in [3.8, 4) is 0 Å². The van der Waals surface area contributed by atoms with Gasteiger partial charge in [0.1, 0.15) is 5.60 Å². The molecule has 0 saturated heterocycles. The molecule has 9 nitrogen and oxygen atoms in total. The van der Waals surface area contributed by atoms with Crippen molar-refractivity contribution in [3.05, 3.63) is 0 Å². The quantitative estimate of drug-likeness (QED) is 0.139. The van der Waals surface area contributed by atoms with E-state index in [2.05, 4.69) is 32.6 Å². The minimum atomic E-state index is -3.20. The predicted octanol–water partition coefficient (Wildman–Crippen LogP) is 1.79. The summed E-state index contributed by atoms with van der Waals surface area (Å²) in [6, 6.07) is -0.0176. The van der Waals surface area contributed by atoms with Crippen LogP contribution in [0.4, 0.5) is 4.79 Å². The molecule has 0 bridgehead atoms. The second-order valence-electron chi connectivity index (χ2n) is 7.16. The number of sulfonamides is 1. The molecule has 0 spiro atoms. The van der Waals surface area contributed by atoms with Gasteiger partial charge in [0.25, 0.3) is 0 Å². The van der Waals surface area contributed by atoms with Crippen molar-refractivity contribution < 1.29 is 17.9 Å². The van der Waals surface area contributed by atoms with Gasteiger partial charge in [-0.2, -0.15) is 0 Å². The highest BCUT2D eigenvalue weighted by atomic mass is 127. The molecule has 1 amide bonds. The lowest BCUT2D eigenvalue weighted by Crippen LogP contribution is -2.50. The number of halogens is 1. The SMILES string of the molecule is CCCCC(CNC(=O)OC(C)(C)C)NC(=NC)NCCNS(=O)(=O)CC.I. The summed E-state index contributed by atoms with van der Waals surface area (Å²) in [4.78, 5) is 16.0. The monoisotopic (exact) mass is 535 g/mol. The summed E-state index contributed by atoms with van der Waals surface area (Å²) in [5.74, 6) is 0.605. The highest BCUT2D eigenvalue weighted by molar-refractivity contribution is 14.0. The lowest BCUT2D eigenvalue weighted by Gasteiger charge is -2.24. The third-order valence-corrected chi connectivity index (χ3v) is 4.89. The Morgan fingerprint density at radius 2 is 1.79 bits per heavy atom. The van der Waals surface area contributed by atoms with Crippen molar-refractivity contribution >= 4 is 46.1 Å². The molecule has 0 aromatic heterocycles. The van der Waals surface area contributed by atoms with E-state index in [9.17, 15) is 13.2 Å². The number of rotatable bonds is 11. The number of amides is 1. The van der Waals surface area contributed by atoms with Crippen molar-refractivity contribution in [2.24, 2.45) is 4.99 Å². The number of carbonyl (C=O) groups excluding carboxylic acids is 1. The Bertz CT molecular complexity index is 564. The summed E-state index contributed by atoms with van der Waals surface area (Å²) >= 11 is 0. The second-order valence-corrected chi connectivity index (χ2v) is 9.26. The van der Waals surface area contributed by atoms with Gasteiger partial charge >= 0.3 is 6.09 Å². The number of guanidine groups is 1. The fourth-order valence-electron chi connectivity index (χ4n) is 2.07. The Morgan fingerprint density at radius 1 is 1.14 bits per heavy atom. The first kappa shape index (κ1) is 29.4. The van der Waals surface area contributed by atoms with Gasteiger partial charge in [-0.05, 0) is 34.1 Å². The highest BCUT2D eigenvalue weighted by Crippen LogP contribution is 2.06. The molecule has 168 valence electrons. The van der Waals surface area contributed by atoms with Crippen LogP contribution in [0.3, 0.4) is 0 Å². The van der Waals surface area contributed by atoms with Crippen LogP contribution in [0.2, 0.25) is 0 Å². The standard InChI is InChI=1S/C17H37N5O4S.HI/c1-7-9-10-14(13-20-16(23)26-17(3,4)5)22-15(18-6)19-11-12-21-27(24,25)8-2;/h14,21H,7-13H2,1-6H3,(H,20,23)(H2,18,19,22);1H. The third-order valence-electron chi connectivity index (χ3n) is 3.48. The van der Waals surface area contributed by atoms with Crippen LogP contribution in [0.1, 0.15) is 53.9 Å². The number of hydrogen-bond acceptors (Lipinski definition) is 5. The summed E-state index contributed by atoms with van der Waals surface area (Å²) in [5.41, 5.74) is -0.542. The first-order chi connectivity index (χ1) is 12.5. The summed E-state index contributed by atoms with van der Waals surface area (Å²) in [5, 5.41) is 9.10. The van der Waals surface area contributed by atoms with Gasteiger partial charge in [0, 0.05) is 32.7 Å². The lowest BCUT2D eigenvalue weighted by molar-refractivity contribution is 0.0522. The number of nitrogens with zero attached hydrogens (tertiary/aromatic N) is 1. The number of unbranched alkanes of at least 4 members (excludes halogenated alkanes) is 1. The molecular formula is C17H38IN5O4S. The number of ether oxygens (including phenoxy) is 1. The minimum Gasteiger partial charge on any atom is -0.444 e. The lowest BCUT2D eigenvalue weighted by atomic mass is 10.1. The summed E-state index contributed by atoms with van der Waals surface area (Å²) in [7, 11) is -1.56. The molecule has 0 fully saturated rings. The van der Waals surface area contributed by atoms with Crippen LogP contribution in [0.25, 0.3) is 0 Å². The van der Waals surface area contributed by atoms with Crippen LogP contribution < -0.4 is 20.7 Å². The summed E-state index contributed by atoms with van der Waals surface area (Å²) in [6.45, 7) is 10.2. The van der Waals surface area contributed by atoms with Crippen LogP contribution in [-0.4, -0.2) is 64.5 Å². The Balaban J connectivity index is 0. The molecule has 0 radical (unpaired) electrons. The van der Waals surface area contributed by atoms with Crippen LogP contribution in [0.5, 0.6) is 0 Å². The van der Waals surface area contributed by atoms with E-state index in [-0.39, 0.29) is 42.3 Å². The summed E-state index contributed by atoms with van der Waals surface area (Å²) < 4.78 is 30.6. The van der Waals surface area contributed by atoms with Crippen LogP contribution >= 0.6 is 24.0 Å². The van der Waals surface area contributed by atoms with Gasteiger partial charge in [-0.25, -0.2) is 17.9 Å². The van der Waals surface area contributed by atoms with Gasteiger partial charge in [-0.1, -0.05) is 19.8 Å². The fraction of sp³-hybridized carbons (Fsp3) is 0.882. The normalized spacial score (nSPS) is 13.3. The zero-order valence-corrected chi connectivity index (χ0v) is 21.1. The molecule has 0 aliphatic heterocycles. The van der Waals surface area contributed by atoms with Gasteiger partial charge in [0.2, 0.25) is 10.0 Å². The molecule has 0 aromatic carbocycles. The van der Waals surface area contributed by atoms with E-state index in [0.29, 0.717) is 19.0 Å². The zero-order chi connectivity index (χ0) is 20.9. The maximum atomic E-state index is 11.9. The molecule has 0 aliphatic carbocycles. The average Bonchev–Trinajstić information content (AvgIpc) is 2.57. The van der Waals surface area contributed by atoms with Gasteiger partial charge in [-0.15, -0.1) is 24.0 Å². The molecule has 28 heavy (non-hydrogen) atoms. The van der Waals surface area contributed by atoms with E-state index >= 15 is 0 Å². The largest absolute Gasteiger partial charge is 0.444 e. The molecule has 0 aliphatic rings. The first-order valence-corrected chi connectivity index (χ1v) is 11.1. The maximum absolute atomic E-state index is 11.9. The minimum absolute atomic E-state index is 0. The molecule has 0 saturated carbocycles. The fourth-order valence-corrected chi connectivity index (χ4v) is 2.69. The van der Waals surface area contributed by atoms with Crippen molar-refractivity contribution in [1.29, 1.82) is 0 Å². The maximum Gasteiger partial charge on any atom is 0.407 e. The molecule has 1 atom stereocenters. The van der Waals surface area contributed by atoms with E-state index in [0.717, 1.165) is 19.3 Å². The van der Waals surface area contributed by atoms with Crippen LogP contribution in [-0.2, 0) is 14.8 Å². The van der Waals surface area contributed by atoms with Crippen LogP contribution in [0, 0.1) is 0 Å². The van der Waals surface area contributed by atoms with Crippen molar-refractivity contribution in [3.63, 3.8) is 0 Å². The third kappa shape index (κ3) is 16.2. The van der Waals surface area contributed by atoms with E-state index in [4.69, 9.17) is 4.74 Å². The van der Waals surface area contributed by atoms with E-state index in [1.165, 1.54) is 0 Å². The van der Waals surface area contributed by atoms with Gasteiger partial charge in [0.05, 0.1) is 5.75 Å². The number of alkyl carbamates (subject to hydrolysis) is 1. The molecule has 11 heteroatoms. The first-order valence-electron chi connectivity index (χ1n) is 9.44. The topological polar surface area (TPSA) is 121 Å². The number of carbonyl (C=O) groups is 1. The average molecular weight is 535 g/mol. The number of hydrogen-bond donors (Lipinski definition) is 4. The molecule has 1 unspecified atom stereocenters. The van der Waals surface area contributed by atoms with Gasteiger partial charge in [-0.3, -0.25) is 4.99 Å². The van der Waals surface area contributed by atoms with Crippen molar-refractivity contribution in [2.45, 2.75) is 65.5 Å². The Morgan fingerprint density at radius 3 is 2.29 bits per heavy atom. The van der Waals surface area contributed by atoms with E-state index in [1.807, 2.05) is 20.8 Å². The predicted molar refractivity (Wildman–Crippen MR) is 125 cm³/mol. The molecule has 0 heterocycles. The molecule has 0 aromatic rings. The Hall–Kier alpha value is -0.820. The zero-order valence-electron chi connectivity index (χ0n) is 17.9. The second kappa shape index (κ2) is 15.1. The van der Waals surface area contributed by atoms with E-state index < -0.39 is 21.7 Å². The smallest absolute Gasteiger partial charge is 0.407 e. The van der Waals surface area contributed by atoms with Gasteiger partial charge < -0.3 is 20.7 Å². The van der Waals surface area contributed by atoms with Crippen LogP contribution in [0.15, 0.2) is 4.99 Å². The molecule has 0 rings (SSSR count). The molecular weight excluding hydrogens is 497 g/mol.